The third kappa shape index (κ3) is 4.45. The Labute approximate surface area is 139 Å². The van der Waals surface area contributed by atoms with Crippen molar-refractivity contribution in [3.8, 4) is 0 Å². The van der Waals surface area contributed by atoms with Crippen LogP contribution in [0.5, 0.6) is 0 Å². The zero-order valence-electron chi connectivity index (χ0n) is 13.3. The van der Waals surface area contributed by atoms with Gasteiger partial charge in [0, 0.05) is 13.3 Å². The van der Waals surface area contributed by atoms with Gasteiger partial charge >= 0.3 is 5.97 Å². The van der Waals surface area contributed by atoms with E-state index in [4.69, 9.17) is 9.15 Å². The molecule has 2 aromatic rings. The van der Waals surface area contributed by atoms with E-state index in [1.807, 2.05) is 0 Å². The minimum Gasteiger partial charge on any atom is -0.467 e. The SMILES string of the molecule is CN(Cc1ccco1)C(=O)COC(=O)c1ccccc1S(C)(=O)=O. The van der Waals surface area contributed by atoms with Crippen LogP contribution in [0.3, 0.4) is 0 Å². The van der Waals surface area contributed by atoms with Gasteiger partial charge in [-0.15, -0.1) is 0 Å². The summed E-state index contributed by atoms with van der Waals surface area (Å²) in [5.74, 6) is -0.702. The number of carbonyl (C=O) groups is 2. The minimum absolute atomic E-state index is 0.0958. The number of furan rings is 1. The van der Waals surface area contributed by atoms with Crippen molar-refractivity contribution in [3.63, 3.8) is 0 Å². The predicted molar refractivity (Wildman–Crippen MR) is 85.0 cm³/mol. The third-order valence-corrected chi connectivity index (χ3v) is 4.39. The first-order valence-corrected chi connectivity index (χ1v) is 8.90. The average molecular weight is 351 g/mol. The molecule has 0 aliphatic rings. The van der Waals surface area contributed by atoms with Crippen LogP contribution in [0, 0.1) is 0 Å². The standard InChI is InChI=1S/C16H17NO6S/c1-17(10-12-6-5-9-22-12)15(18)11-23-16(19)13-7-3-4-8-14(13)24(2,20)21/h3-9H,10-11H2,1-2H3. The molecule has 7 nitrogen and oxygen atoms in total. The van der Waals surface area contributed by atoms with Crippen LogP contribution in [0.2, 0.25) is 0 Å². The molecular formula is C16H17NO6S. The highest BCUT2D eigenvalue weighted by Crippen LogP contribution is 2.16. The summed E-state index contributed by atoms with van der Waals surface area (Å²) in [7, 11) is -2.03. The number of hydrogen-bond donors (Lipinski definition) is 0. The number of likely N-dealkylation sites (N-methyl/N-ethyl adjacent to an activating group) is 1. The lowest BCUT2D eigenvalue weighted by molar-refractivity contribution is -0.134. The molecule has 0 aliphatic carbocycles. The molecule has 1 aromatic carbocycles. The smallest absolute Gasteiger partial charge is 0.339 e. The van der Waals surface area contributed by atoms with E-state index in [1.165, 1.54) is 35.4 Å². The molecule has 0 saturated carbocycles. The Morgan fingerprint density at radius 1 is 1.17 bits per heavy atom. The van der Waals surface area contributed by atoms with Crippen LogP contribution in [-0.4, -0.2) is 45.1 Å². The van der Waals surface area contributed by atoms with Crippen molar-refractivity contribution in [1.29, 1.82) is 0 Å². The second-order valence-corrected chi connectivity index (χ2v) is 7.16. The average Bonchev–Trinajstić information content (AvgIpc) is 3.04. The van der Waals surface area contributed by atoms with Gasteiger partial charge in [0.05, 0.1) is 23.3 Å². The van der Waals surface area contributed by atoms with Crippen molar-refractivity contribution in [2.24, 2.45) is 0 Å². The number of esters is 1. The Kier molecular flexibility index (Phi) is 5.40. The highest BCUT2D eigenvalue weighted by Gasteiger charge is 2.21. The first-order valence-electron chi connectivity index (χ1n) is 7.01. The fourth-order valence-corrected chi connectivity index (χ4v) is 2.87. The summed E-state index contributed by atoms with van der Waals surface area (Å²) in [6.07, 6.45) is 2.50. The predicted octanol–water partition coefficient (Wildman–Crippen LogP) is 1.50. The van der Waals surface area contributed by atoms with Crippen molar-refractivity contribution < 1.29 is 27.2 Å². The zero-order chi connectivity index (χ0) is 17.7. The van der Waals surface area contributed by atoms with Gasteiger partial charge in [-0.25, -0.2) is 13.2 Å². The van der Waals surface area contributed by atoms with Gasteiger partial charge in [-0.3, -0.25) is 4.79 Å². The Morgan fingerprint density at radius 3 is 2.50 bits per heavy atom. The van der Waals surface area contributed by atoms with Gasteiger partial charge in [0.25, 0.3) is 5.91 Å². The molecule has 0 aliphatic heterocycles. The molecule has 0 unspecified atom stereocenters. The van der Waals surface area contributed by atoms with Gasteiger partial charge < -0.3 is 14.1 Å². The summed E-state index contributed by atoms with van der Waals surface area (Å²) in [4.78, 5) is 25.3. The Hall–Kier alpha value is -2.61. The fraction of sp³-hybridized carbons (Fsp3) is 0.250. The van der Waals surface area contributed by atoms with Crippen molar-refractivity contribution in [3.05, 3.63) is 54.0 Å². The first-order chi connectivity index (χ1) is 11.3. The zero-order valence-corrected chi connectivity index (χ0v) is 14.1. The molecule has 0 saturated heterocycles. The number of hydrogen-bond acceptors (Lipinski definition) is 6. The third-order valence-electron chi connectivity index (χ3n) is 3.23. The molecule has 1 heterocycles. The number of benzene rings is 1. The molecule has 2 rings (SSSR count). The maximum Gasteiger partial charge on any atom is 0.339 e. The summed E-state index contributed by atoms with van der Waals surface area (Å²) in [6, 6.07) is 9.12. The van der Waals surface area contributed by atoms with Crippen LogP contribution in [0.1, 0.15) is 16.1 Å². The van der Waals surface area contributed by atoms with Crippen molar-refractivity contribution in [2.45, 2.75) is 11.4 Å². The second-order valence-electron chi connectivity index (χ2n) is 5.17. The van der Waals surface area contributed by atoms with Gasteiger partial charge in [-0.2, -0.15) is 0 Å². The Balaban J connectivity index is 2.00. The number of nitrogens with zero attached hydrogens (tertiary/aromatic N) is 1. The van der Waals surface area contributed by atoms with E-state index in [0.29, 0.717) is 5.76 Å². The summed E-state index contributed by atoms with van der Waals surface area (Å²) >= 11 is 0. The van der Waals surface area contributed by atoms with Crippen LogP contribution in [0.4, 0.5) is 0 Å². The van der Waals surface area contributed by atoms with Crippen LogP contribution >= 0.6 is 0 Å². The lowest BCUT2D eigenvalue weighted by Gasteiger charge is -2.16. The van der Waals surface area contributed by atoms with Gasteiger partial charge in [0.2, 0.25) is 0 Å². The number of rotatable bonds is 6. The molecule has 1 amide bonds. The molecule has 8 heteroatoms. The molecule has 0 radical (unpaired) electrons. The molecule has 0 bridgehead atoms. The molecule has 0 fully saturated rings. The maximum atomic E-state index is 12.1. The summed E-state index contributed by atoms with van der Waals surface area (Å²) in [5.41, 5.74) is -0.0958. The van der Waals surface area contributed by atoms with E-state index < -0.39 is 28.3 Å². The van der Waals surface area contributed by atoms with E-state index >= 15 is 0 Å². The fourth-order valence-electron chi connectivity index (χ4n) is 2.00. The van der Waals surface area contributed by atoms with Gasteiger partial charge in [-0.1, -0.05) is 12.1 Å². The van der Waals surface area contributed by atoms with Gasteiger partial charge in [-0.05, 0) is 24.3 Å². The number of carbonyl (C=O) groups excluding carboxylic acids is 2. The van der Waals surface area contributed by atoms with Crippen LogP contribution in [0.25, 0.3) is 0 Å². The van der Waals surface area contributed by atoms with Crippen LogP contribution in [-0.2, 0) is 25.9 Å². The van der Waals surface area contributed by atoms with E-state index in [-0.39, 0.29) is 17.0 Å². The van der Waals surface area contributed by atoms with E-state index in [0.717, 1.165) is 6.26 Å². The maximum absolute atomic E-state index is 12.1. The van der Waals surface area contributed by atoms with Crippen molar-refractivity contribution >= 4 is 21.7 Å². The highest BCUT2D eigenvalue weighted by molar-refractivity contribution is 7.90. The number of amides is 1. The Morgan fingerprint density at radius 2 is 1.88 bits per heavy atom. The molecule has 0 N–H and O–H groups in total. The summed E-state index contributed by atoms with van der Waals surface area (Å²) < 4.78 is 33.5. The molecule has 24 heavy (non-hydrogen) atoms. The van der Waals surface area contributed by atoms with Gasteiger partial charge in [0.1, 0.15) is 5.76 Å². The van der Waals surface area contributed by atoms with Crippen molar-refractivity contribution in [1.82, 2.24) is 4.90 Å². The summed E-state index contributed by atoms with van der Waals surface area (Å²) in [6.45, 7) is -0.253. The Bertz CT molecular complexity index is 826. The normalized spacial score (nSPS) is 11.1. The highest BCUT2D eigenvalue weighted by atomic mass is 32.2. The molecule has 0 spiro atoms. The van der Waals surface area contributed by atoms with Crippen LogP contribution < -0.4 is 0 Å². The van der Waals surface area contributed by atoms with Crippen LogP contribution in [0.15, 0.2) is 52.0 Å². The lowest BCUT2D eigenvalue weighted by atomic mass is 10.2. The topological polar surface area (TPSA) is 93.9 Å². The molecule has 0 atom stereocenters. The van der Waals surface area contributed by atoms with E-state index in [9.17, 15) is 18.0 Å². The van der Waals surface area contributed by atoms with Crippen molar-refractivity contribution in [2.75, 3.05) is 19.9 Å². The number of ether oxygens (including phenoxy) is 1. The quantitative estimate of drug-likeness (QED) is 0.732. The molecule has 128 valence electrons. The monoisotopic (exact) mass is 351 g/mol. The molecular weight excluding hydrogens is 334 g/mol. The van der Waals surface area contributed by atoms with E-state index in [2.05, 4.69) is 0 Å². The van der Waals surface area contributed by atoms with E-state index in [1.54, 1.807) is 19.2 Å². The summed E-state index contributed by atoms with van der Waals surface area (Å²) in [5, 5.41) is 0. The lowest BCUT2D eigenvalue weighted by Crippen LogP contribution is -2.30. The van der Waals surface area contributed by atoms with Gasteiger partial charge in [0.15, 0.2) is 16.4 Å². The molecule has 1 aromatic heterocycles. The first kappa shape index (κ1) is 17.7. The minimum atomic E-state index is -3.58. The number of sulfone groups is 1. The second kappa shape index (κ2) is 7.31. The largest absolute Gasteiger partial charge is 0.467 e.